The van der Waals surface area contributed by atoms with Crippen molar-refractivity contribution in [3.05, 3.63) is 65.0 Å². The van der Waals surface area contributed by atoms with Crippen LogP contribution in [0.15, 0.2) is 42.5 Å². The van der Waals surface area contributed by atoms with Gasteiger partial charge < -0.3 is 9.64 Å². The first-order valence-corrected chi connectivity index (χ1v) is 11.4. The third kappa shape index (κ3) is 4.78. The van der Waals surface area contributed by atoms with E-state index in [1.54, 1.807) is 7.11 Å². The molecule has 0 bridgehead atoms. The molecule has 0 saturated carbocycles. The first kappa shape index (κ1) is 22.3. The van der Waals surface area contributed by atoms with Crippen LogP contribution in [0.25, 0.3) is 0 Å². The molecule has 1 aliphatic heterocycles. The van der Waals surface area contributed by atoms with E-state index in [1.165, 1.54) is 16.8 Å². The van der Waals surface area contributed by atoms with Crippen molar-refractivity contribution in [1.82, 2.24) is 25.1 Å². The van der Waals surface area contributed by atoms with Gasteiger partial charge in [-0.1, -0.05) is 38.1 Å². The zero-order chi connectivity index (χ0) is 22.7. The molecular weight excluding hydrogens is 400 g/mol. The van der Waals surface area contributed by atoms with E-state index in [0.717, 1.165) is 43.3 Å². The monoisotopic (exact) mass is 434 g/mol. The summed E-state index contributed by atoms with van der Waals surface area (Å²) < 4.78 is 7.22. The molecule has 4 rings (SSSR count). The summed E-state index contributed by atoms with van der Waals surface area (Å²) in [6.45, 7) is 13.5. The average molecular weight is 435 g/mol. The predicted molar refractivity (Wildman–Crippen MR) is 127 cm³/mol. The van der Waals surface area contributed by atoms with Gasteiger partial charge in [0.1, 0.15) is 5.75 Å². The minimum Gasteiger partial charge on any atom is -0.497 e. The second-order valence-corrected chi connectivity index (χ2v) is 9.04. The lowest BCUT2D eigenvalue weighted by Crippen LogP contribution is -2.49. The van der Waals surface area contributed by atoms with Crippen LogP contribution in [0.2, 0.25) is 0 Å². The molecule has 32 heavy (non-hydrogen) atoms. The van der Waals surface area contributed by atoms with Gasteiger partial charge in [0.25, 0.3) is 0 Å². The summed E-state index contributed by atoms with van der Waals surface area (Å²) in [4.78, 5) is 5.05. The minimum absolute atomic E-state index is 0.184. The zero-order valence-corrected chi connectivity index (χ0v) is 19.8. The minimum atomic E-state index is 0.184. The first-order chi connectivity index (χ1) is 15.5. The van der Waals surface area contributed by atoms with E-state index in [-0.39, 0.29) is 6.04 Å². The van der Waals surface area contributed by atoms with E-state index in [2.05, 4.69) is 83.4 Å². The molecule has 7 heteroatoms. The van der Waals surface area contributed by atoms with Crippen LogP contribution in [-0.2, 0) is 6.54 Å². The Morgan fingerprint density at radius 1 is 0.969 bits per heavy atom. The summed E-state index contributed by atoms with van der Waals surface area (Å²) >= 11 is 0. The summed E-state index contributed by atoms with van der Waals surface area (Å²) in [7, 11) is 1.68. The molecular formula is C25H34N6O. The maximum atomic E-state index is 5.27. The van der Waals surface area contributed by atoms with Crippen LogP contribution >= 0.6 is 0 Å². The van der Waals surface area contributed by atoms with Crippen LogP contribution in [0.3, 0.4) is 0 Å². The highest BCUT2D eigenvalue weighted by atomic mass is 16.5. The number of ether oxygens (including phenoxy) is 1. The zero-order valence-electron chi connectivity index (χ0n) is 19.8. The smallest absolute Gasteiger partial charge is 0.169 e. The Balaban J connectivity index is 1.49. The predicted octanol–water partition coefficient (Wildman–Crippen LogP) is 3.87. The Kier molecular flexibility index (Phi) is 6.74. The van der Waals surface area contributed by atoms with Crippen molar-refractivity contribution in [3.8, 4) is 5.75 Å². The number of methoxy groups -OCH3 is 1. The van der Waals surface area contributed by atoms with Crippen molar-refractivity contribution in [3.63, 3.8) is 0 Å². The molecule has 1 saturated heterocycles. The van der Waals surface area contributed by atoms with E-state index >= 15 is 0 Å². The Morgan fingerprint density at radius 3 is 2.34 bits per heavy atom. The number of hydrogen-bond donors (Lipinski definition) is 0. The van der Waals surface area contributed by atoms with E-state index in [9.17, 15) is 0 Å². The van der Waals surface area contributed by atoms with Gasteiger partial charge >= 0.3 is 0 Å². The van der Waals surface area contributed by atoms with Crippen molar-refractivity contribution in [2.45, 2.75) is 40.3 Å². The summed E-state index contributed by atoms with van der Waals surface area (Å²) in [5.41, 5.74) is 5.16. The van der Waals surface area contributed by atoms with Crippen LogP contribution in [0.4, 0.5) is 5.69 Å². The van der Waals surface area contributed by atoms with Crippen molar-refractivity contribution in [1.29, 1.82) is 0 Å². The molecule has 0 aliphatic carbocycles. The number of rotatable bonds is 7. The molecule has 7 nitrogen and oxygen atoms in total. The van der Waals surface area contributed by atoms with Crippen LogP contribution in [0.5, 0.6) is 5.75 Å². The van der Waals surface area contributed by atoms with Crippen LogP contribution in [0, 0.1) is 19.8 Å². The van der Waals surface area contributed by atoms with Gasteiger partial charge in [0.05, 0.1) is 19.7 Å². The highest BCUT2D eigenvalue weighted by Crippen LogP contribution is 2.30. The quantitative estimate of drug-likeness (QED) is 0.563. The lowest BCUT2D eigenvalue weighted by Gasteiger charge is -2.41. The van der Waals surface area contributed by atoms with E-state index in [4.69, 9.17) is 4.74 Å². The molecule has 1 aliphatic rings. The SMILES string of the molecule is COc1ccc(Cn2nnnc2C(C(C)C)N2CCN(c3cc(C)ccc3C)CC2)cc1. The van der Waals surface area contributed by atoms with Crippen LogP contribution < -0.4 is 9.64 Å². The van der Waals surface area contributed by atoms with Gasteiger partial charge in [-0.2, -0.15) is 0 Å². The summed E-state index contributed by atoms with van der Waals surface area (Å²) in [6, 6.07) is 15.0. The highest BCUT2D eigenvalue weighted by molar-refractivity contribution is 5.55. The van der Waals surface area contributed by atoms with Gasteiger partial charge in [0.2, 0.25) is 0 Å². The van der Waals surface area contributed by atoms with Crippen molar-refractivity contribution < 1.29 is 4.74 Å². The van der Waals surface area contributed by atoms with Crippen LogP contribution in [0.1, 0.15) is 42.4 Å². The standard InChI is InChI=1S/C25H34N6O/c1-18(2)24(25-26-27-28-31(25)17-21-8-10-22(32-5)11-9-21)30-14-12-29(13-15-30)23-16-19(3)6-7-20(23)4/h6-11,16,18,24H,12-15,17H2,1-5H3. The van der Waals surface area contributed by atoms with Crippen molar-refractivity contribution in [2.75, 3.05) is 38.2 Å². The van der Waals surface area contributed by atoms with Gasteiger partial charge in [-0.15, -0.1) is 5.10 Å². The van der Waals surface area contributed by atoms with Gasteiger partial charge in [0.15, 0.2) is 5.82 Å². The third-order valence-corrected chi connectivity index (χ3v) is 6.36. The maximum absolute atomic E-state index is 5.27. The second-order valence-electron chi connectivity index (χ2n) is 9.04. The van der Waals surface area contributed by atoms with E-state index in [1.807, 2.05) is 16.8 Å². The van der Waals surface area contributed by atoms with Gasteiger partial charge in [-0.05, 0) is 65.1 Å². The summed E-state index contributed by atoms with van der Waals surface area (Å²) in [5, 5.41) is 12.8. The van der Waals surface area contributed by atoms with Crippen LogP contribution in [-0.4, -0.2) is 58.4 Å². The number of nitrogens with zero attached hydrogens (tertiary/aromatic N) is 6. The molecule has 0 N–H and O–H groups in total. The maximum Gasteiger partial charge on any atom is 0.169 e. The molecule has 0 radical (unpaired) electrons. The summed E-state index contributed by atoms with van der Waals surface area (Å²) in [6.07, 6.45) is 0. The lowest BCUT2D eigenvalue weighted by atomic mass is 10.00. The Hall–Kier alpha value is -2.93. The fraction of sp³-hybridized carbons (Fsp3) is 0.480. The first-order valence-electron chi connectivity index (χ1n) is 11.4. The fourth-order valence-corrected chi connectivity index (χ4v) is 4.62. The molecule has 0 spiro atoms. The lowest BCUT2D eigenvalue weighted by molar-refractivity contribution is 0.135. The van der Waals surface area contributed by atoms with E-state index < -0.39 is 0 Å². The highest BCUT2D eigenvalue weighted by Gasteiger charge is 2.31. The molecule has 1 fully saturated rings. The molecule has 1 atom stereocenters. The Morgan fingerprint density at radius 2 is 1.69 bits per heavy atom. The van der Waals surface area contributed by atoms with Gasteiger partial charge in [0, 0.05) is 31.9 Å². The number of benzene rings is 2. The number of hydrogen-bond acceptors (Lipinski definition) is 6. The number of piperazine rings is 1. The summed E-state index contributed by atoms with van der Waals surface area (Å²) in [5.74, 6) is 2.20. The fourth-order valence-electron chi connectivity index (χ4n) is 4.62. The molecule has 2 aromatic carbocycles. The largest absolute Gasteiger partial charge is 0.497 e. The Labute approximate surface area is 191 Å². The number of aryl methyl sites for hydroxylation is 2. The average Bonchev–Trinajstić information content (AvgIpc) is 3.24. The normalized spacial score (nSPS) is 15.9. The Bertz CT molecular complexity index is 1020. The van der Waals surface area contributed by atoms with Crippen molar-refractivity contribution in [2.24, 2.45) is 5.92 Å². The molecule has 2 heterocycles. The molecule has 1 unspecified atom stereocenters. The molecule has 3 aromatic rings. The van der Waals surface area contributed by atoms with E-state index in [0.29, 0.717) is 12.5 Å². The number of anilines is 1. The van der Waals surface area contributed by atoms with Crippen molar-refractivity contribution >= 4 is 5.69 Å². The third-order valence-electron chi connectivity index (χ3n) is 6.36. The molecule has 0 amide bonds. The van der Waals surface area contributed by atoms with Gasteiger partial charge in [-0.3, -0.25) is 4.90 Å². The topological polar surface area (TPSA) is 59.3 Å². The molecule has 170 valence electrons. The van der Waals surface area contributed by atoms with Gasteiger partial charge in [-0.25, -0.2) is 4.68 Å². The number of aromatic nitrogens is 4. The number of tetrazole rings is 1. The molecule has 1 aromatic heterocycles. The second kappa shape index (κ2) is 9.69.